The van der Waals surface area contributed by atoms with E-state index < -0.39 is 0 Å². The van der Waals surface area contributed by atoms with Crippen LogP contribution in [0.1, 0.15) is 102 Å². The number of allylic oxidation sites excluding steroid dienone is 1. The molecule has 0 heteroatoms. The molecule has 0 spiro atoms. The van der Waals surface area contributed by atoms with Crippen molar-refractivity contribution in [1.29, 1.82) is 0 Å². The predicted molar refractivity (Wildman–Crippen MR) is 129 cm³/mol. The van der Waals surface area contributed by atoms with Gasteiger partial charge in [-0.25, -0.2) is 0 Å². The maximum absolute atomic E-state index is 4.08. The van der Waals surface area contributed by atoms with Gasteiger partial charge in [0.2, 0.25) is 0 Å². The minimum absolute atomic E-state index is 0.428. The molecule has 1 aromatic carbocycles. The molecule has 4 fully saturated rings. The number of rotatable bonds is 7. The standard InChI is InChI=1S/C30H44/c1-2-3-13-22-30(24-16-7-8-17-24,23-14-5-4-6-15-23)29-27-20-11-9-18-25(27)26-19-10-12-21-28(26)29/h2,4-6,14-15,24-29H,1,3,7-13,16-22H2/t25-,26-,27+,28?,29?,30-/m0/s1. The van der Waals surface area contributed by atoms with E-state index in [0.717, 1.165) is 35.5 Å². The van der Waals surface area contributed by atoms with E-state index in [0.29, 0.717) is 5.41 Å². The van der Waals surface area contributed by atoms with Crippen LogP contribution in [-0.2, 0) is 5.41 Å². The summed E-state index contributed by atoms with van der Waals surface area (Å²) in [5.74, 6) is 5.99. The second-order valence-corrected chi connectivity index (χ2v) is 11.3. The van der Waals surface area contributed by atoms with E-state index in [1.807, 2.05) is 0 Å². The number of hydrogen-bond acceptors (Lipinski definition) is 0. The van der Waals surface area contributed by atoms with Crippen LogP contribution in [0.3, 0.4) is 0 Å². The number of fused-ring (bicyclic) bond motifs is 3. The van der Waals surface area contributed by atoms with Crippen molar-refractivity contribution < 1.29 is 0 Å². The molecule has 4 saturated carbocycles. The molecule has 6 atom stereocenters. The van der Waals surface area contributed by atoms with Crippen LogP contribution in [0.15, 0.2) is 43.0 Å². The molecule has 0 N–H and O–H groups in total. The Labute approximate surface area is 185 Å². The van der Waals surface area contributed by atoms with E-state index in [1.165, 1.54) is 83.5 Å². The zero-order valence-electron chi connectivity index (χ0n) is 19.2. The summed E-state index contributed by atoms with van der Waals surface area (Å²) in [5, 5.41) is 0. The fraction of sp³-hybridized carbons (Fsp3) is 0.733. The molecule has 0 aliphatic heterocycles. The van der Waals surface area contributed by atoms with Crippen LogP contribution in [0, 0.1) is 35.5 Å². The van der Waals surface area contributed by atoms with Gasteiger partial charge in [-0.05, 0) is 98.9 Å². The minimum atomic E-state index is 0.428. The lowest BCUT2D eigenvalue weighted by atomic mass is 9.53. The monoisotopic (exact) mass is 404 g/mol. The van der Waals surface area contributed by atoms with Gasteiger partial charge in [-0.1, -0.05) is 74.9 Å². The second kappa shape index (κ2) is 9.22. The first-order valence-electron chi connectivity index (χ1n) is 13.5. The quantitative estimate of drug-likeness (QED) is 0.315. The van der Waals surface area contributed by atoms with Gasteiger partial charge in [0.05, 0.1) is 0 Å². The molecular weight excluding hydrogens is 360 g/mol. The van der Waals surface area contributed by atoms with Gasteiger partial charge in [-0.15, -0.1) is 6.58 Å². The number of unbranched alkanes of at least 4 members (excludes halogenated alkanes) is 1. The maximum Gasteiger partial charge on any atom is 0.00150 e. The molecule has 164 valence electrons. The Morgan fingerprint density at radius 2 is 1.27 bits per heavy atom. The summed E-state index contributed by atoms with van der Waals surface area (Å²) in [4.78, 5) is 0. The lowest BCUT2D eigenvalue weighted by Crippen LogP contribution is -2.47. The summed E-state index contributed by atoms with van der Waals surface area (Å²) in [6, 6.07) is 12.0. The molecule has 0 nitrogen and oxygen atoms in total. The Bertz CT molecular complexity index is 661. The van der Waals surface area contributed by atoms with Crippen molar-refractivity contribution >= 4 is 0 Å². The Kier molecular flexibility index (Phi) is 6.40. The topological polar surface area (TPSA) is 0 Å². The van der Waals surface area contributed by atoms with Crippen molar-refractivity contribution in [3.8, 4) is 0 Å². The van der Waals surface area contributed by atoms with Crippen molar-refractivity contribution in [2.75, 3.05) is 0 Å². The van der Waals surface area contributed by atoms with E-state index in [1.54, 1.807) is 18.4 Å². The molecule has 0 aromatic heterocycles. The third-order valence-electron chi connectivity index (χ3n) is 10.2. The lowest BCUT2D eigenvalue weighted by Gasteiger charge is -2.51. The van der Waals surface area contributed by atoms with Gasteiger partial charge in [0.25, 0.3) is 0 Å². The zero-order valence-corrected chi connectivity index (χ0v) is 19.2. The second-order valence-electron chi connectivity index (χ2n) is 11.3. The Balaban J connectivity index is 1.63. The average Bonchev–Trinajstić information content (AvgIpc) is 3.45. The SMILES string of the molecule is C=CCCC[C@](c1ccccc1)(C1CCCC1)C1C2CCCC[C@H]2[C@@H]2CCCC[C@@H]12. The summed E-state index contributed by atoms with van der Waals surface area (Å²) in [5.41, 5.74) is 2.15. The maximum atomic E-state index is 4.08. The number of benzene rings is 1. The van der Waals surface area contributed by atoms with Gasteiger partial charge in [0.15, 0.2) is 0 Å². The Hall–Kier alpha value is -1.04. The molecule has 0 bridgehead atoms. The van der Waals surface area contributed by atoms with Crippen LogP contribution in [-0.4, -0.2) is 0 Å². The minimum Gasteiger partial charge on any atom is -0.103 e. The summed E-state index contributed by atoms with van der Waals surface area (Å²) in [6.45, 7) is 4.08. The van der Waals surface area contributed by atoms with Gasteiger partial charge in [-0.3, -0.25) is 0 Å². The third kappa shape index (κ3) is 3.51. The lowest BCUT2D eigenvalue weighted by molar-refractivity contribution is 0.0580. The molecule has 0 amide bonds. The first-order valence-corrected chi connectivity index (χ1v) is 13.5. The van der Waals surface area contributed by atoms with Crippen molar-refractivity contribution in [3.63, 3.8) is 0 Å². The average molecular weight is 405 g/mol. The van der Waals surface area contributed by atoms with Crippen LogP contribution in [0.2, 0.25) is 0 Å². The molecule has 2 unspecified atom stereocenters. The van der Waals surface area contributed by atoms with Gasteiger partial charge in [0, 0.05) is 5.41 Å². The summed E-state index contributed by atoms with van der Waals surface area (Å²) < 4.78 is 0. The fourth-order valence-corrected chi connectivity index (χ4v) is 9.36. The smallest absolute Gasteiger partial charge is 0.00150 e. The highest BCUT2D eigenvalue weighted by molar-refractivity contribution is 5.31. The van der Waals surface area contributed by atoms with Crippen LogP contribution in [0.4, 0.5) is 0 Å². The molecule has 0 saturated heterocycles. The summed E-state index contributed by atoms with van der Waals surface area (Å²) in [7, 11) is 0. The van der Waals surface area contributed by atoms with E-state index in [2.05, 4.69) is 43.0 Å². The van der Waals surface area contributed by atoms with Crippen molar-refractivity contribution in [3.05, 3.63) is 48.6 Å². The summed E-state index contributed by atoms with van der Waals surface area (Å²) >= 11 is 0. The molecule has 1 aromatic rings. The highest BCUT2D eigenvalue weighted by Gasteiger charge is 2.60. The summed E-state index contributed by atoms with van der Waals surface area (Å²) in [6.07, 6.45) is 24.2. The van der Waals surface area contributed by atoms with Crippen molar-refractivity contribution in [2.24, 2.45) is 35.5 Å². The van der Waals surface area contributed by atoms with Crippen LogP contribution < -0.4 is 0 Å². The van der Waals surface area contributed by atoms with Crippen LogP contribution in [0.5, 0.6) is 0 Å². The Morgan fingerprint density at radius 3 is 1.83 bits per heavy atom. The van der Waals surface area contributed by atoms with Gasteiger partial charge < -0.3 is 0 Å². The van der Waals surface area contributed by atoms with E-state index >= 15 is 0 Å². The molecule has 0 radical (unpaired) electrons. The predicted octanol–water partition coefficient (Wildman–Crippen LogP) is 8.71. The first kappa shape index (κ1) is 20.8. The fourth-order valence-electron chi connectivity index (χ4n) is 9.36. The van der Waals surface area contributed by atoms with Gasteiger partial charge >= 0.3 is 0 Å². The molecular formula is C30H44. The molecule has 4 aliphatic rings. The van der Waals surface area contributed by atoms with Crippen LogP contribution >= 0.6 is 0 Å². The van der Waals surface area contributed by atoms with Crippen LogP contribution in [0.25, 0.3) is 0 Å². The van der Waals surface area contributed by atoms with Gasteiger partial charge in [0.1, 0.15) is 0 Å². The molecule has 30 heavy (non-hydrogen) atoms. The largest absolute Gasteiger partial charge is 0.103 e. The highest BCUT2D eigenvalue weighted by Crippen LogP contribution is 2.66. The normalized spacial score (nSPS) is 36.1. The van der Waals surface area contributed by atoms with Gasteiger partial charge in [-0.2, -0.15) is 0 Å². The van der Waals surface area contributed by atoms with Crippen molar-refractivity contribution in [2.45, 2.75) is 102 Å². The molecule has 5 rings (SSSR count). The zero-order chi connectivity index (χ0) is 20.4. The Morgan fingerprint density at radius 1 is 0.733 bits per heavy atom. The third-order valence-corrected chi connectivity index (χ3v) is 10.2. The molecule has 4 aliphatic carbocycles. The van der Waals surface area contributed by atoms with E-state index in [-0.39, 0.29) is 0 Å². The number of hydrogen-bond donors (Lipinski definition) is 0. The van der Waals surface area contributed by atoms with E-state index in [4.69, 9.17) is 0 Å². The van der Waals surface area contributed by atoms with E-state index in [9.17, 15) is 0 Å². The highest BCUT2D eigenvalue weighted by atomic mass is 14.6. The molecule has 0 heterocycles. The first-order chi connectivity index (χ1) is 14.9. The van der Waals surface area contributed by atoms with Crippen molar-refractivity contribution in [1.82, 2.24) is 0 Å².